The maximum absolute atomic E-state index is 11.7. The van der Waals surface area contributed by atoms with E-state index in [2.05, 4.69) is 5.32 Å². The van der Waals surface area contributed by atoms with Crippen molar-refractivity contribution in [2.24, 2.45) is 0 Å². The van der Waals surface area contributed by atoms with Gasteiger partial charge in [-0.3, -0.25) is 9.59 Å². The highest BCUT2D eigenvalue weighted by Gasteiger charge is 2.18. The number of nitrogens with one attached hydrogen (secondary N) is 1. The van der Waals surface area contributed by atoms with Crippen LogP contribution in [0.3, 0.4) is 0 Å². The van der Waals surface area contributed by atoms with E-state index in [1.54, 1.807) is 21.0 Å². The van der Waals surface area contributed by atoms with Crippen molar-refractivity contribution in [1.82, 2.24) is 15.1 Å². The molecule has 0 heterocycles. The number of carbonyl (C=O) groups is 3. The number of nitrogens with zero attached hydrogens (tertiary/aromatic N) is 2. The summed E-state index contributed by atoms with van der Waals surface area (Å²) in [6.07, 6.45) is 0.394. The molecule has 3 amide bonds. The quantitative estimate of drug-likeness (QED) is 0.701. The summed E-state index contributed by atoms with van der Waals surface area (Å²) in [6, 6.07) is -0.870. The Morgan fingerprint density at radius 2 is 1.78 bits per heavy atom. The highest BCUT2D eigenvalue weighted by atomic mass is 16.4. The Balaban J connectivity index is 4.29. The fourth-order valence-electron chi connectivity index (χ4n) is 1.21. The number of carbonyl (C=O) groups excluding carboxylic acids is 2. The van der Waals surface area contributed by atoms with E-state index in [0.717, 1.165) is 0 Å². The molecule has 0 aliphatic rings. The molecular formula is C11H21N3O4. The summed E-state index contributed by atoms with van der Waals surface area (Å²) in [5, 5.41) is 11.2. The normalized spacial score (nSPS) is 11.6. The first kappa shape index (κ1) is 16.2. The summed E-state index contributed by atoms with van der Waals surface area (Å²) in [5.74, 6) is -1.16. The predicted molar refractivity (Wildman–Crippen MR) is 66.2 cm³/mol. The average molecular weight is 259 g/mol. The third-order valence-electron chi connectivity index (χ3n) is 2.46. The van der Waals surface area contributed by atoms with Gasteiger partial charge in [-0.25, -0.2) is 4.79 Å². The zero-order chi connectivity index (χ0) is 14.3. The van der Waals surface area contributed by atoms with E-state index < -0.39 is 18.0 Å². The topological polar surface area (TPSA) is 90.0 Å². The Hall–Kier alpha value is -1.79. The summed E-state index contributed by atoms with van der Waals surface area (Å²) >= 11 is 0. The number of hydrogen-bond donors (Lipinski definition) is 2. The van der Waals surface area contributed by atoms with Crippen LogP contribution in [0, 0.1) is 0 Å². The average Bonchev–Trinajstić information content (AvgIpc) is 2.26. The summed E-state index contributed by atoms with van der Waals surface area (Å²) in [4.78, 5) is 36.3. The summed E-state index contributed by atoms with van der Waals surface area (Å²) in [6.45, 7) is 1.75. The van der Waals surface area contributed by atoms with Gasteiger partial charge in [0.15, 0.2) is 0 Å². The Bertz CT molecular complexity index is 317. The van der Waals surface area contributed by atoms with E-state index in [1.165, 1.54) is 16.8 Å². The molecule has 0 aliphatic carbocycles. The highest BCUT2D eigenvalue weighted by molar-refractivity contribution is 5.84. The summed E-state index contributed by atoms with van der Waals surface area (Å²) < 4.78 is 0. The molecule has 0 rings (SSSR count). The Morgan fingerprint density at radius 1 is 1.22 bits per heavy atom. The molecule has 0 fully saturated rings. The van der Waals surface area contributed by atoms with Crippen LogP contribution in [0.15, 0.2) is 0 Å². The molecular weight excluding hydrogens is 238 g/mol. The van der Waals surface area contributed by atoms with Crippen molar-refractivity contribution >= 4 is 17.9 Å². The number of carboxylic acids is 1. The number of carboxylic acid groups (broad SMARTS) is 1. The molecule has 0 saturated carbocycles. The van der Waals surface area contributed by atoms with Gasteiger partial charge in [0, 0.05) is 27.2 Å². The van der Waals surface area contributed by atoms with Crippen molar-refractivity contribution in [3.8, 4) is 0 Å². The van der Waals surface area contributed by atoms with Crippen LogP contribution in [0.4, 0.5) is 4.79 Å². The lowest BCUT2D eigenvalue weighted by Gasteiger charge is -2.22. The van der Waals surface area contributed by atoms with Gasteiger partial charge in [0.25, 0.3) is 0 Å². The molecule has 18 heavy (non-hydrogen) atoms. The van der Waals surface area contributed by atoms with Crippen LogP contribution < -0.4 is 5.32 Å². The first-order valence-electron chi connectivity index (χ1n) is 5.71. The fourth-order valence-corrected chi connectivity index (χ4v) is 1.21. The van der Waals surface area contributed by atoms with Crippen LogP contribution in [-0.4, -0.2) is 66.5 Å². The third-order valence-corrected chi connectivity index (χ3v) is 2.46. The van der Waals surface area contributed by atoms with E-state index >= 15 is 0 Å². The summed E-state index contributed by atoms with van der Waals surface area (Å²) in [5.41, 5.74) is 0. The number of hydrogen-bond acceptors (Lipinski definition) is 3. The lowest BCUT2D eigenvalue weighted by molar-refractivity contribution is -0.137. The van der Waals surface area contributed by atoms with Gasteiger partial charge in [0.05, 0.1) is 6.42 Å². The molecule has 0 aliphatic heterocycles. The molecule has 0 aromatic rings. The van der Waals surface area contributed by atoms with E-state index in [4.69, 9.17) is 5.11 Å². The standard InChI is InChI=1S/C11H21N3O4/c1-5-8(6-10(16)17)12-11(18)14(4)7-9(15)13(2)3/h8H,5-7H2,1-4H3,(H,12,18)(H,16,17). The van der Waals surface area contributed by atoms with E-state index in [1.807, 2.05) is 0 Å². The van der Waals surface area contributed by atoms with Gasteiger partial charge in [0.2, 0.25) is 5.91 Å². The van der Waals surface area contributed by atoms with Gasteiger partial charge in [0.1, 0.15) is 6.54 Å². The first-order chi connectivity index (χ1) is 8.27. The van der Waals surface area contributed by atoms with E-state index in [0.29, 0.717) is 6.42 Å². The molecule has 1 unspecified atom stereocenters. The van der Waals surface area contributed by atoms with Gasteiger partial charge in [-0.05, 0) is 6.42 Å². The number of aliphatic carboxylic acids is 1. The Morgan fingerprint density at radius 3 is 2.17 bits per heavy atom. The van der Waals surface area contributed by atoms with Gasteiger partial charge in [-0.1, -0.05) is 6.92 Å². The van der Waals surface area contributed by atoms with Crippen molar-refractivity contribution in [2.75, 3.05) is 27.7 Å². The molecule has 0 saturated heterocycles. The number of rotatable bonds is 6. The largest absolute Gasteiger partial charge is 0.481 e. The molecule has 0 aromatic heterocycles. The molecule has 0 aromatic carbocycles. The second kappa shape index (κ2) is 7.52. The SMILES string of the molecule is CCC(CC(=O)O)NC(=O)N(C)CC(=O)N(C)C. The molecule has 7 nitrogen and oxygen atoms in total. The van der Waals surface area contributed by atoms with Crippen LogP contribution in [-0.2, 0) is 9.59 Å². The predicted octanol–water partition coefficient (Wildman–Crippen LogP) is -0.0307. The molecule has 0 spiro atoms. The van der Waals surface area contributed by atoms with Crippen molar-refractivity contribution in [3.05, 3.63) is 0 Å². The lowest BCUT2D eigenvalue weighted by Crippen LogP contribution is -2.46. The van der Waals surface area contributed by atoms with E-state index in [9.17, 15) is 14.4 Å². The zero-order valence-electron chi connectivity index (χ0n) is 11.3. The minimum atomic E-state index is -0.964. The van der Waals surface area contributed by atoms with E-state index in [-0.39, 0.29) is 18.9 Å². The van der Waals surface area contributed by atoms with Crippen molar-refractivity contribution < 1.29 is 19.5 Å². The van der Waals surface area contributed by atoms with Crippen molar-refractivity contribution in [2.45, 2.75) is 25.8 Å². The molecule has 0 radical (unpaired) electrons. The number of likely N-dealkylation sites (N-methyl/N-ethyl adjacent to an activating group) is 2. The summed E-state index contributed by atoms with van der Waals surface area (Å²) in [7, 11) is 4.70. The minimum Gasteiger partial charge on any atom is -0.481 e. The van der Waals surface area contributed by atoms with Crippen LogP contribution in [0.1, 0.15) is 19.8 Å². The van der Waals surface area contributed by atoms with Crippen molar-refractivity contribution in [3.63, 3.8) is 0 Å². The molecule has 2 N–H and O–H groups in total. The smallest absolute Gasteiger partial charge is 0.317 e. The molecule has 1 atom stereocenters. The number of amides is 3. The maximum atomic E-state index is 11.7. The zero-order valence-corrected chi connectivity index (χ0v) is 11.3. The lowest BCUT2D eigenvalue weighted by atomic mass is 10.1. The van der Waals surface area contributed by atoms with Crippen LogP contribution >= 0.6 is 0 Å². The molecule has 0 bridgehead atoms. The second-order valence-corrected chi connectivity index (χ2v) is 4.30. The Kier molecular flexibility index (Phi) is 6.77. The Labute approximate surface area is 107 Å². The highest BCUT2D eigenvalue weighted by Crippen LogP contribution is 1.99. The third kappa shape index (κ3) is 6.07. The van der Waals surface area contributed by atoms with Gasteiger partial charge in [-0.15, -0.1) is 0 Å². The van der Waals surface area contributed by atoms with Crippen molar-refractivity contribution in [1.29, 1.82) is 0 Å². The van der Waals surface area contributed by atoms with Crippen LogP contribution in [0.5, 0.6) is 0 Å². The van der Waals surface area contributed by atoms with Gasteiger partial charge < -0.3 is 20.2 Å². The second-order valence-electron chi connectivity index (χ2n) is 4.30. The molecule has 104 valence electrons. The van der Waals surface area contributed by atoms with Gasteiger partial charge >= 0.3 is 12.0 Å². The van der Waals surface area contributed by atoms with Crippen LogP contribution in [0.25, 0.3) is 0 Å². The molecule has 7 heteroatoms. The first-order valence-corrected chi connectivity index (χ1v) is 5.71. The monoisotopic (exact) mass is 259 g/mol. The maximum Gasteiger partial charge on any atom is 0.317 e. The fraction of sp³-hybridized carbons (Fsp3) is 0.727. The van der Waals surface area contributed by atoms with Crippen LogP contribution in [0.2, 0.25) is 0 Å². The minimum absolute atomic E-state index is 0.0393. The van der Waals surface area contributed by atoms with Gasteiger partial charge in [-0.2, -0.15) is 0 Å². The number of urea groups is 1.